The van der Waals surface area contributed by atoms with Crippen LogP contribution in [-0.2, 0) is 5.88 Å². The number of ether oxygens (including phenoxy) is 1. The molecule has 7 heteroatoms. The summed E-state index contributed by atoms with van der Waals surface area (Å²) in [6, 6.07) is 3.82. The van der Waals surface area contributed by atoms with Gasteiger partial charge in [0.1, 0.15) is 11.8 Å². The summed E-state index contributed by atoms with van der Waals surface area (Å²) in [6.45, 7) is 0. The largest absolute Gasteiger partial charge is 0.573 e. The maximum absolute atomic E-state index is 11.9. The topological polar surface area (TPSA) is 45.9 Å². The molecule has 0 aromatic carbocycles. The van der Waals surface area contributed by atoms with Crippen molar-refractivity contribution in [3.05, 3.63) is 23.5 Å². The average molecular weight is 237 g/mol. The van der Waals surface area contributed by atoms with Crippen molar-refractivity contribution in [2.75, 3.05) is 0 Å². The van der Waals surface area contributed by atoms with E-state index in [1.807, 2.05) is 0 Å². The van der Waals surface area contributed by atoms with Gasteiger partial charge in [-0.1, -0.05) is 0 Å². The molecule has 1 aromatic heterocycles. The Hall–Kier alpha value is -1.48. The van der Waals surface area contributed by atoms with Crippen molar-refractivity contribution >= 4 is 11.6 Å². The van der Waals surface area contributed by atoms with Crippen LogP contribution < -0.4 is 4.74 Å². The Morgan fingerprint density at radius 1 is 1.47 bits per heavy atom. The summed E-state index contributed by atoms with van der Waals surface area (Å²) in [6.07, 6.45) is -4.79. The van der Waals surface area contributed by atoms with Gasteiger partial charge < -0.3 is 4.74 Å². The normalized spacial score (nSPS) is 10.9. The fourth-order valence-electron chi connectivity index (χ4n) is 0.864. The van der Waals surface area contributed by atoms with Gasteiger partial charge >= 0.3 is 6.36 Å². The standard InChI is InChI=1S/C8H4ClF3N2O/c9-3-6-7(15-8(10,11)12)2-1-5(4-13)14-6/h1-2H,3H2. The smallest absolute Gasteiger partial charge is 0.404 e. The zero-order valence-electron chi connectivity index (χ0n) is 7.18. The second-order valence-corrected chi connectivity index (χ2v) is 2.70. The van der Waals surface area contributed by atoms with Crippen molar-refractivity contribution in [1.29, 1.82) is 5.26 Å². The molecular weight excluding hydrogens is 233 g/mol. The predicted molar refractivity (Wildman–Crippen MR) is 45.2 cm³/mol. The maximum Gasteiger partial charge on any atom is 0.573 e. The Morgan fingerprint density at radius 2 is 2.13 bits per heavy atom. The first kappa shape index (κ1) is 11.6. The summed E-state index contributed by atoms with van der Waals surface area (Å²) in [4.78, 5) is 3.58. The Morgan fingerprint density at radius 3 is 2.60 bits per heavy atom. The van der Waals surface area contributed by atoms with Gasteiger partial charge in [-0.15, -0.1) is 24.8 Å². The highest BCUT2D eigenvalue weighted by atomic mass is 35.5. The second-order valence-electron chi connectivity index (χ2n) is 2.43. The van der Waals surface area contributed by atoms with E-state index >= 15 is 0 Å². The summed E-state index contributed by atoms with van der Waals surface area (Å²) in [5.74, 6) is -0.752. The molecule has 0 N–H and O–H groups in total. The Labute approximate surface area is 88.1 Å². The monoisotopic (exact) mass is 236 g/mol. The second kappa shape index (κ2) is 4.36. The molecule has 1 aromatic rings. The van der Waals surface area contributed by atoms with Crippen LogP contribution in [0.1, 0.15) is 11.4 Å². The number of aromatic nitrogens is 1. The van der Waals surface area contributed by atoms with Gasteiger partial charge in [0, 0.05) is 0 Å². The number of rotatable bonds is 2. The average Bonchev–Trinajstić information content (AvgIpc) is 2.16. The van der Waals surface area contributed by atoms with E-state index < -0.39 is 12.1 Å². The Balaban J connectivity index is 3.04. The van der Waals surface area contributed by atoms with E-state index in [0.29, 0.717) is 0 Å². The van der Waals surface area contributed by atoms with Crippen LogP contribution in [0.3, 0.4) is 0 Å². The predicted octanol–water partition coefficient (Wildman–Crippen LogP) is 2.59. The van der Waals surface area contributed by atoms with Crippen molar-refractivity contribution in [1.82, 2.24) is 4.98 Å². The van der Waals surface area contributed by atoms with Crippen LogP contribution >= 0.6 is 11.6 Å². The van der Waals surface area contributed by atoms with Gasteiger partial charge in [0.2, 0.25) is 0 Å². The zero-order chi connectivity index (χ0) is 11.5. The lowest BCUT2D eigenvalue weighted by Crippen LogP contribution is -2.18. The van der Waals surface area contributed by atoms with Crippen molar-refractivity contribution in [3.8, 4) is 11.8 Å². The van der Waals surface area contributed by atoms with E-state index in [4.69, 9.17) is 16.9 Å². The minimum atomic E-state index is -4.79. The van der Waals surface area contributed by atoms with Crippen LogP contribution in [0, 0.1) is 11.3 Å². The van der Waals surface area contributed by atoms with Crippen LogP contribution in [0.4, 0.5) is 13.2 Å². The Kier molecular flexibility index (Phi) is 3.37. The molecule has 80 valence electrons. The summed E-state index contributed by atoms with van der Waals surface area (Å²) in [7, 11) is 0. The number of nitrogens with zero attached hydrogens (tertiary/aromatic N) is 2. The zero-order valence-corrected chi connectivity index (χ0v) is 7.93. The van der Waals surface area contributed by atoms with Crippen molar-refractivity contribution in [3.63, 3.8) is 0 Å². The van der Waals surface area contributed by atoms with Crippen molar-refractivity contribution in [2.45, 2.75) is 12.2 Å². The van der Waals surface area contributed by atoms with Crippen LogP contribution in [0.5, 0.6) is 5.75 Å². The third-order valence-corrected chi connectivity index (χ3v) is 1.65. The molecule has 1 rings (SSSR count). The number of hydrogen-bond donors (Lipinski definition) is 0. The number of hydrogen-bond acceptors (Lipinski definition) is 3. The van der Waals surface area contributed by atoms with Gasteiger partial charge in [0.05, 0.1) is 11.6 Å². The summed E-state index contributed by atoms with van der Waals surface area (Å²) in [5.41, 5.74) is -0.131. The lowest BCUT2D eigenvalue weighted by molar-refractivity contribution is -0.275. The number of alkyl halides is 4. The fraction of sp³-hybridized carbons (Fsp3) is 0.250. The minimum absolute atomic E-state index is 0.0137. The molecule has 0 radical (unpaired) electrons. The third-order valence-electron chi connectivity index (χ3n) is 1.40. The van der Waals surface area contributed by atoms with Crippen LogP contribution in [-0.4, -0.2) is 11.3 Å². The molecule has 0 aliphatic carbocycles. The first-order chi connectivity index (χ1) is 6.96. The van der Waals surface area contributed by atoms with Crippen LogP contribution in [0.25, 0.3) is 0 Å². The lowest BCUT2D eigenvalue weighted by Gasteiger charge is -2.10. The number of pyridine rings is 1. The maximum atomic E-state index is 11.9. The van der Waals surface area contributed by atoms with Crippen LogP contribution in [0.2, 0.25) is 0 Å². The highest BCUT2D eigenvalue weighted by Crippen LogP contribution is 2.26. The Bertz CT molecular complexity index is 400. The molecule has 0 aliphatic rings. The SMILES string of the molecule is N#Cc1ccc(OC(F)(F)F)c(CCl)n1. The van der Waals surface area contributed by atoms with E-state index in [1.54, 1.807) is 6.07 Å². The molecule has 0 spiro atoms. The number of halogens is 4. The van der Waals surface area contributed by atoms with Gasteiger partial charge in [-0.3, -0.25) is 0 Å². The molecule has 0 saturated carbocycles. The lowest BCUT2D eigenvalue weighted by atomic mass is 10.3. The van der Waals surface area contributed by atoms with E-state index in [2.05, 4.69) is 9.72 Å². The third kappa shape index (κ3) is 3.29. The number of nitriles is 1. The van der Waals surface area contributed by atoms with Gasteiger partial charge in [0.15, 0.2) is 5.75 Å². The van der Waals surface area contributed by atoms with E-state index in [-0.39, 0.29) is 17.3 Å². The minimum Gasteiger partial charge on any atom is -0.404 e. The van der Waals surface area contributed by atoms with E-state index in [0.717, 1.165) is 12.1 Å². The van der Waals surface area contributed by atoms with Gasteiger partial charge in [-0.25, -0.2) is 4.98 Å². The van der Waals surface area contributed by atoms with Gasteiger partial charge in [-0.2, -0.15) is 5.26 Å². The molecule has 0 atom stereocenters. The molecule has 15 heavy (non-hydrogen) atoms. The quantitative estimate of drug-likeness (QED) is 0.742. The van der Waals surface area contributed by atoms with Gasteiger partial charge in [0.25, 0.3) is 0 Å². The molecule has 0 aliphatic heterocycles. The first-order valence-electron chi connectivity index (χ1n) is 3.68. The molecular formula is C8H4ClF3N2O. The fourth-order valence-corrected chi connectivity index (χ4v) is 1.06. The van der Waals surface area contributed by atoms with Crippen molar-refractivity contribution < 1.29 is 17.9 Å². The van der Waals surface area contributed by atoms with Crippen molar-refractivity contribution in [2.24, 2.45) is 0 Å². The molecule has 0 saturated heterocycles. The molecule has 0 unspecified atom stereocenters. The molecule has 3 nitrogen and oxygen atoms in total. The molecule has 1 heterocycles. The molecule has 0 fully saturated rings. The van der Waals surface area contributed by atoms with E-state index in [9.17, 15) is 13.2 Å². The first-order valence-corrected chi connectivity index (χ1v) is 4.21. The van der Waals surface area contributed by atoms with Crippen LogP contribution in [0.15, 0.2) is 12.1 Å². The van der Waals surface area contributed by atoms with Gasteiger partial charge in [-0.05, 0) is 12.1 Å². The summed E-state index contributed by atoms with van der Waals surface area (Å²) < 4.78 is 39.3. The highest BCUT2D eigenvalue weighted by molar-refractivity contribution is 6.17. The molecule has 0 amide bonds. The summed E-state index contributed by atoms with van der Waals surface area (Å²) >= 11 is 5.37. The highest BCUT2D eigenvalue weighted by Gasteiger charge is 2.32. The van der Waals surface area contributed by atoms with E-state index in [1.165, 1.54) is 0 Å². The summed E-state index contributed by atoms with van der Waals surface area (Å²) in [5, 5.41) is 8.46. The molecule has 0 bridgehead atoms.